The fraction of sp³-hybridized carbons (Fsp3) is 0.562. The van der Waals surface area contributed by atoms with Gasteiger partial charge in [-0.05, 0) is 24.2 Å². The number of rotatable bonds is 6. The van der Waals surface area contributed by atoms with Crippen LogP contribution in [-0.2, 0) is 16.1 Å². The Labute approximate surface area is 125 Å². The Morgan fingerprint density at radius 1 is 1.45 bits per heavy atom. The maximum atomic E-state index is 11.9. The Morgan fingerprint density at radius 3 is 2.95 bits per heavy atom. The van der Waals surface area contributed by atoms with Crippen LogP contribution in [0.5, 0.6) is 0 Å². The van der Waals surface area contributed by atoms with Gasteiger partial charge in [0.2, 0.25) is 0 Å². The number of hydrogen-bond donors (Lipinski definition) is 1. The van der Waals surface area contributed by atoms with Crippen LogP contribution in [0.2, 0.25) is 0 Å². The quantitative estimate of drug-likeness (QED) is 0.819. The first-order valence-electron chi connectivity index (χ1n) is 7.27. The summed E-state index contributed by atoms with van der Waals surface area (Å²) in [5, 5.41) is 3.48. The van der Waals surface area contributed by atoms with Crippen LogP contribution in [0.4, 0.5) is 0 Å². The van der Waals surface area contributed by atoms with Gasteiger partial charge in [0, 0.05) is 18.3 Å². The zero-order valence-electron chi connectivity index (χ0n) is 12.0. The van der Waals surface area contributed by atoms with Gasteiger partial charge in [0.25, 0.3) is 0 Å². The summed E-state index contributed by atoms with van der Waals surface area (Å²) in [4.78, 5) is 11.9. The minimum Gasteiger partial charge on any atom is -0.461 e. The average Bonchev–Trinajstić information content (AvgIpc) is 2.52. The third-order valence-electron chi connectivity index (χ3n) is 3.50. The molecule has 0 bridgehead atoms. The number of benzene rings is 1. The molecule has 1 aromatic carbocycles. The van der Waals surface area contributed by atoms with Crippen LogP contribution in [-0.4, -0.2) is 30.1 Å². The maximum Gasteiger partial charge on any atom is 0.310 e. The molecular formula is C16H23NO2S. The summed E-state index contributed by atoms with van der Waals surface area (Å²) in [6, 6.07) is 10.4. The van der Waals surface area contributed by atoms with Crippen molar-refractivity contribution in [2.45, 2.75) is 32.4 Å². The zero-order chi connectivity index (χ0) is 14.2. The molecule has 2 atom stereocenters. The lowest BCUT2D eigenvalue weighted by molar-refractivity contribution is -0.149. The molecule has 1 aliphatic heterocycles. The Morgan fingerprint density at radius 2 is 2.25 bits per heavy atom. The first-order valence-corrected chi connectivity index (χ1v) is 8.43. The van der Waals surface area contributed by atoms with Gasteiger partial charge in [0.1, 0.15) is 6.61 Å². The highest BCUT2D eigenvalue weighted by molar-refractivity contribution is 7.99. The highest BCUT2D eigenvalue weighted by Crippen LogP contribution is 2.17. The van der Waals surface area contributed by atoms with Crippen molar-refractivity contribution in [1.29, 1.82) is 0 Å². The van der Waals surface area contributed by atoms with Crippen molar-refractivity contribution in [3.8, 4) is 0 Å². The highest BCUT2D eigenvalue weighted by Gasteiger charge is 2.18. The van der Waals surface area contributed by atoms with E-state index in [0.717, 1.165) is 11.3 Å². The zero-order valence-corrected chi connectivity index (χ0v) is 12.8. The third kappa shape index (κ3) is 5.17. The van der Waals surface area contributed by atoms with E-state index in [0.29, 0.717) is 19.2 Å². The summed E-state index contributed by atoms with van der Waals surface area (Å²) in [5.41, 5.74) is 1.03. The number of hydrogen-bond acceptors (Lipinski definition) is 4. The van der Waals surface area contributed by atoms with Gasteiger partial charge in [-0.15, -0.1) is 0 Å². The summed E-state index contributed by atoms with van der Waals surface area (Å²) < 4.78 is 5.35. The molecule has 20 heavy (non-hydrogen) atoms. The summed E-state index contributed by atoms with van der Waals surface area (Å²) in [7, 11) is 0. The van der Waals surface area contributed by atoms with Gasteiger partial charge >= 0.3 is 5.97 Å². The predicted molar refractivity (Wildman–Crippen MR) is 83.8 cm³/mol. The van der Waals surface area contributed by atoms with Gasteiger partial charge in [0.15, 0.2) is 0 Å². The van der Waals surface area contributed by atoms with E-state index in [1.165, 1.54) is 18.6 Å². The number of nitrogens with one attached hydrogen (secondary N) is 1. The largest absolute Gasteiger partial charge is 0.461 e. The number of thioether (sulfide) groups is 1. The molecule has 4 heteroatoms. The van der Waals surface area contributed by atoms with Crippen LogP contribution in [0.1, 0.15) is 25.3 Å². The first-order chi connectivity index (χ1) is 9.75. The van der Waals surface area contributed by atoms with Gasteiger partial charge in [-0.25, -0.2) is 0 Å². The predicted octanol–water partition coefficient (Wildman–Crippen LogP) is 2.85. The number of esters is 1. The fourth-order valence-electron chi connectivity index (χ4n) is 2.20. The average molecular weight is 293 g/mol. The molecule has 1 saturated heterocycles. The number of ether oxygens (including phenoxy) is 1. The molecule has 1 N–H and O–H groups in total. The lowest BCUT2D eigenvalue weighted by atomic mass is 10.1. The molecule has 1 aliphatic rings. The molecule has 3 nitrogen and oxygen atoms in total. The van der Waals surface area contributed by atoms with Crippen molar-refractivity contribution in [3.63, 3.8) is 0 Å². The molecule has 2 unspecified atom stereocenters. The molecule has 0 saturated carbocycles. The molecule has 0 aromatic heterocycles. The molecule has 110 valence electrons. The minimum absolute atomic E-state index is 0.0920. The second kappa shape index (κ2) is 8.32. The smallest absolute Gasteiger partial charge is 0.310 e. The fourth-order valence-corrected chi connectivity index (χ4v) is 3.31. The van der Waals surface area contributed by atoms with Crippen molar-refractivity contribution >= 4 is 17.7 Å². The summed E-state index contributed by atoms with van der Waals surface area (Å²) in [5.74, 6) is 2.22. The molecule has 0 spiro atoms. The van der Waals surface area contributed by atoms with E-state index in [2.05, 4.69) is 5.32 Å². The summed E-state index contributed by atoms with van der Waals surface area (Å²) in [6.45, 7) is 3.00. The van der Waals surface area contributed by atoms with Crippen molar-refractivity contribution in [2.75, 3.05) is 18.1 Å². The minimum atomic E-state index is -0.121. The Bertz CT molecular complexity index is 404. The normalized spacial score (nSPS) is 20.4. The van der Waals surface area contributed by atoms with E-state index < -0.39 is 0 Å². The Kier molecular flexibility index (Phi) is 6.40. The summed E-state index contributed by atoms with van der Waals surface area (Å²) >= 11 is 1.99. The first kappa shape index (κ1) is 15.4. The van der Waals surface area contributed by atoms with Crippen molar-refractivity contribution in [2.24, 2.45) is 5.92 Å². The molecular weight excluding hydrogens is 270 g/mol. The molecule has 0 radical (unpaired) electrons. The van der Waals surface area contributed by atoms with Crippen LogP contribution >= 0.6 is 11.8 Å². The van der Waals surface area contributed by atoms with Crippen molar-refractivity contribution in [3.05, 3.63) is 35.9 Å². The molecule has 0 aliphatic carbocycles. The second-order valence-corrected chi connectivity index (χ2v) is 6.47. The molecule has 2 rings (SSSR count). The molecule has 1 aromatic rings. The van der Waals surface area contributed by atoms with E-state index in [9.17, 15) is 4.79 Å². The van der Waals surface area contributed by atoms with Crippen molar-refractivity contribution in [1.82, 2.24) is 5.32 Å². The molecule has 0 amide bonds. The monoisotopic (exact) mass is 293 g/mol. The third-order valence-corrected chi connectivity index (χ3v) is 4.71. The van der Waals surface area contributed by atoms with E-state index in [1.54, 1.807) is 0 Å². The van der Waals surface area contributed by atoms with Crippen molar-refractivity contribution < 1.29 is 9.53 Å². The lowest BCUT2D eigenvalue weighted by Crippen LogP contribution is -2.38. The van der Waals surface area contributed by atoms with E-state index in [4.69, 9.17) is 4.74 Å². The van der Waals surface area contributed by atoms with Gasteiger partial charge in [-0.3, -0.25) is 4.79 Å². The Balaban J connectivity index is 1.66. The van der Waals surface area contributed by atoms with E-state index in [1.807, 2.05) is 49.0 Å². The highest BCUT2D eigenvalue weighted by atomic mass is 32.2. The summed E-state index contributed by atoms with van der Waals surface area (Å²) in [6.07, 6.45) is 2.49. The second-order valence-electron chi connectivity index (χ2n) is 5.32. The topological polar surface area (TPSA) is 38.3 Å². The molecule has 1 fully saturated rings. The standard InChI is InChI=1S/C16H23NO2S/c1-13(10-17-15-8-5-9-20-12-15)16(18)19-11-14-6-3-2-4-7-14/h2-4,6-7,13,15,17H,5,8-12H2,1H3. The van der Waals surface area contributed by atoms with E-state index >= 15 is 0 Å². The SMILES string of the molecule is CC(CNC1CCCSC1)C(=O)OCc1ccccc1. The van der Waals surface area contributed by atoms with Crippen LogP contribution in [0.25, 0.3) is 0 Å². The van der Waals surface area contributed by atoms with E-state index in [-0.39, 0.29) is 11.9 Å². The van der Waals surface area contributed by atoms with Crippen LogP contribution in [0.15, 0.2) is 30.3 Å². The van der Waals surface area contributed by atoms with Crippen LogP contribution < -0.4 is 5.32 Å². The maximum absolute atomic E-state index is 11.9. The molecule has 1 heterocycles. The Hall–Kier alpha value is -1.00. The van der Waals surface area contributed by atoms with Gasteiger partial charge < -0.3 is 10.1 Å². The number of carbonyl (C=O) groups is 1. The van der Waals surface area contributed by atoms with Gasteiger partial charge in [-0.1, -0.05) is 37.3 Å². The van der Waals surface area contributed by atoms with Crippen LogP contribution in [0.3, 0.4) is 0 Å². The van der Waals surface area contributed by atoms with Crippen LogP contribution in [0, 0.1) is 5.92 Å². The number of carbonyl (C=O) groups excluding carboxylic acids is 1. The van der Waals surface area contributed by atoms with Gasteiger partial charge in [-0.2, -0.15) is 11.8 Å². The lowest BCUT2D eigenvalue weighted by Gasteiger charge is -2.23. The van der Waals surface area contributed by atoms with Gasteiger partial charge in [0.05, 0.1) is 5.92 Å².